The van der Waals surface area contributed by atoms with Crippen LogP contribution in [0.2, 0.25) is 0 Å². The highest BCUT2D eigenvalue weighted by molar-refractivity contribution is 5.89. The first-order valence-electron chi connectivity index (χ1n) is 9.54. The molecule has 28 heavy (non-hydrogen) atoms. The number of aliphatic hydroxyl groups excluding tert-OH is 2. The van der Waals surface area contributed by atoms with Crippen molar-refractivity contribution in [2.75, 3.05) is 19.7 Å². The molecule has 6 nitrogen and oxygen atoms in total. The molecule has 152 valence electrons. The van der Waals surface area contributed by atoms with Crippen molar-refractivity contribution in [3.8, 4) is 5.75 Å². The highest BCUT2D eigenvalue weighted by Gasteiger charge is 2.12. The second-order valence-corrected chi connectivity index (χ2v) is 6.80. The zero-order valence-electron chi connectivity index (χ0n) is 16.4. The summed E-state index contributed by atoms with van der Waals surface area (Å²) in [5.41, 5.74) is 2.74. The molecule has 0 aliphatic carbocycles. The number of rotatable bonds is 10. The van der Waals surface area contributed by atoms with Crippen LogP contribution in [-0.2, 0) is 11.3 Å². The van der Waals surface area contributed by atoms with Gasteiger partial charge in [0, 0.05) is 12.1 Å². The third kappa shape index (κ3) is 6.05. The SMILES string of the molecule is CCOC(=O)c1ccc(C(C)CCNCC(O)c2ccc(O)c(CO)c2)cc1. The van der Waals surface area contributed by atoms with E-state index in [-0.39, 0.29) is 18.3 Å². The zero-order valence-corrected chi connectivity index (χ0v) is 16.4. The van der Waals surface area contributed by atoms with Crippen molar-refractivity contribution in [1.29, 1.82) is 0 Å². The Balaban J connectivity index is 1.79. The number of nitrogens with one attached hydrogen (secondary N) is 1. The first-order chi connectivity index (χ1) is 13.5. The summed E-state index contributed by atoms with van der Waals surface area (Å²) in [7, 11) is 0. The summed E-state index contributed by atoms with van der Waals surface area (Å²) in [4.78, 5) is 11.7. The molecule has 0 saturated heterocycles. The largest absolute Gasteiger partial charge is 0.508 e. The second kappa shape index (κ2) is 10.8. The number of ether oxygens (including phenoxy) is 1. The summed E-state index contributed by atoms with van der Waals surface area (Å²) >= 11 is 0. The zero-order chi connectivity index (χ0) is 20.5. The van der Waals surface area contributed by atoms with E-state index < -0.39 is 6.10 Å². The van der Waals surface area contributed by atoms with Gasteiger partial charge in [-0.15, -0.1) is 0 Å². The molecule has 0 aromatic heterocycles. The maximum atomic E-state index is 11.7. The van der Waals surface area contributed by atoms with Crippen LogP contribution in [0.15, 0.2) is 42.5 Å². The number of aliphatic hydroxyl groups is 2. The van der Waals surface area contributed by atoms with Gasteiger partial charge < -0.3 is 25.4 Å². The van der Waals surface area contributed by atoms with Crippen LogP contribution in [0.4, 0.5) is 0 Å². The Hall–Kier alpha value is -2.41. The molecule has 0 amide bonds. The predicted molar refractivity (Wildman–Crippen MR) is 107 cm³/mol. The van der Waals surface area contributed by atoms with Gasteiger partial charge in [-0.1, -0.05) is 25.1 Å². The Morgan fingerprint density at radius 3 is 2.46 bits per heavy atom. The summed E-state index contributed by atoms with van der Waals surface area (Å²) in [5.74, 6) is 0.0145. The van der Waals surface area contributed by atoms with Crippen LogP contribution in [0, 0.1) is 0 Å². The van der Waals surface area contributed by atoms with Crippen molar-refractivity contribution < 1.29 is 24.9 Å². The van der Waals surface area contributed by atoms with Crippen LogP contribution in [0.25, 0.3) is 0 Å². The molecule has 2 unspecified atom stereocenters. The Bertz CT molecular complexity index is 760. The fraction of sp³-hybridized carbons (Fsp3) is 0.409. The van der Waals surface area contributed by atoms with Gasteiger partial charge in [-0.25, -0.2) is 4.79 Å². The number of phenols is 1. The molecule has 6 heteroatoms. The number of carbonyl (C=O) groups is 1. The molecular weight excluding hydrogens is 358 g/mol. The van der Waals surface area contributed by atoms with Gasteiger partial charge in [0.25, 0.3) is 0 Å². The van der Waals surface area contributed by atoms with Crippen LogP contribution in [0.1, 0.15) is 59.3 Å². The topological polar surface area (TPSA) is 99.0 Å². The normalized spacial score (nSPS) is 13.1. The molecule has 2 rings (SSSR count). The lowest BCUT2D eigenvalue weighted by molar-refractivity contribution is 0.0526. The minimum absolute atomic E-state index is 0.0224. The van der Waals surface area contributed by atoms with Crippen LogP contribution in [-0.4, -0.2) is 41.0 Å². The maximum absolute atomic E-state index is 11.7. The average Bonchev–Trinajstić information content (AvgIpc) is 2.71. The van der Waals surface area contributed by atoms with E-state index in [1.54, 1.807) is 31.2 Å². The first-order valence-corrected chi connectivity index (χ1v) is 9.54. The Morgan fingerprint density at radius 2 is 1.82 bits per heavy atom. The molecule has 2 atom stereocenters. The van der Waals surface area contributed by atoms with E-state index in [2.05, 4.69) is 12.2 Å². The first kappa shape index (κ1) is 21.9. The molecule has 0 bridgehead atoms. The summed E-state index contributed by atoms with van der Waals surface area (Å²) in [6.07, 6.45) is 0.160. The standard InChI is InChI=1S/C22H29NO5/c1-3-28-22(27)17-6-4-16(5-7-17)15(2)10-11-23-13-21(26)18-8-9-20(25)19(12-18)14-24/h4-9,12,15,21,23-26H,3,10-11,13-14H2,1-2H3. The molecular formula is C22H29NO5. The van der Waals surface area contributed by atoms with Gasteiger partial charge in [-0.2, -0.15) is 0 Å². The summed E-state index contributed by atoms with van der Waals surface area (Å²) in [6.45, 7) is 5.09. The molecule has 4 N–H and O–H groups in total. The second-order valence-electron chi connectivity index (χ2n) is 6.80. The van der Waals surface area contributed by atoms with Crippen LogP contribution in [0.3, 0.4) is 0 Å². The van der Waals surface area contributed by atoms with Crippen molar-refractivity contribution >= 4 is 5.97 Å². The fourth-order valence-electron chi connectivity index (χ4n) is 2.94. The van der Waals surface area contributed by atoms with E-state index in [9.17, 15) is 20.1 Å². The highest BCUT2D eigenvalue weighted by Crippen LogP contribution is 2.23. The molecule has 0 fully saturated rings. The van der Waals surface area contributed by atoms with Gasteiger partial charge in [0.15, 0.2) is 0 Å². The molecule has 0 aliphatic heterocycles. The monoisotopic (exact) mass is 387 g/mol. The number of aromatic hydroxyl groups is 1. The van der Waals surface area contributed by atoms with Gasteiger partial charge >= 0.3 is 5.97 Å². The van der Waals surface area contributed by atoms with E-state index in [0.29, 0.717) is 35.8 Å². The molecule has 0 saturated carbocycles. The summed E-state index contributed by atoms with van der Waals surface area (Å²) in [5, 5.41) is 32.3. The minimum Gasteiger partial charge on any atom is -0.508 e. The lowest BCUT2D eigenvalue weighted by Gasteiger charge is -2.16. The molecule has 0 radical (unpaired) electrons. The van der Waals surface area contributed by atoms with Crippen molar-refractivity contribution in [2.45, 2.75) is 38.9 Å². The fourth-order valence-corrected chi connectivity index (χ4v) is 2.94. The number of esters is 1. The Labute approximate surface area is 165 Å². The summed E-state index contributed by atoms with van der Waals surface area (Å²) in [6, 6.07) is 12.2. The Kier molecular flexibility index (Phi) is 8.44. The highest BCUT2D eigenvalue weighted by atomic mass is 16.5. The molecule has 2 aromatic rings. The molecule has 0 aliphatic rings. The molecule has 2 aromatic carbocycles. The number of carbonyl (C=O) groups excluding carboxylic acids is 1. The van der Waals surface area contributed by atoms with Gasteiger partial charge in [-0.3, -0.25) is 0 Å². The third-order valence-electron chi connectivity index (χ3n) is 4.74. The number of benzene rings is 2. The Morgan fingerprint density at radius 1 is 1.14 bits per heavy atom. The van der Waals surface area contributed by atoms with Crippen LogP contribution < -0.4 is 5.32 Å². The average molecular weight is 387 g/mol. The van der Waals surface area contributed by atoms with Gasteiger partial charge in [0.1, 0.15) is 5.75 Å². The van der Waals surface area contributed by atoms with Gasteiger partial charge in [0.05, 0.1) is 24.9 Å². The van der Waals surface area contributed by atoms with Crippen molar-refractivity contribution in [2.24, 2.45) is 0 Å². The van der Waals surface area contributed by atoms with E-state index in [1.165, 1.54) is 6.07 Å². The van der Waals surface area contributed by atoms with E-state index in [0.717, 1.165) is 18.5 Å². The van der Waals surface area contributed by atoms with Crippen molar-refractivity contribution in [1.82, 2.24) is 5.32 Å². The van der Waals surface area contributed by atoms with Crippen molar-refractivity contribution in [3.63, 3.8) is 0 Å². The van der Waals surface area contributed by atoms with E-state index >= 15 is 0 Å². The smallest absolute Gasteiger partial charge is 0.338 e. The minimum atomic E-state index is -0.718. The van der Waals surface area contributed by atoms with Crippen LogP contribution in [0.5, 0.6) is 5.75 Å². The lowest BCUT2D eigenvalue weighted by Crippen LogP contribution is -2.23. The predicted octanol–water partition coefficient (Wildman–Crippen LogP) is 2.88. The molecule has 0 spiro atoms. The lowest BCUT2D eigenvalue weighted by atomic mass is 9.96. The van der Waals surface area contributed by atoms with E-state index in [1.807, 2.05) is 12.1 Å². The number of hydrogen-bond donors (Lipinski definition) is 4. The van der Waals surface area contributed by atoms with Gasteiger partial charge in [0.2, 0.25) is 0 Å². The van der Waals surface area contributed by atoms with Crippen molar-refractivity contribution in [3.05, 3.63) is 64.7 Å². The number of hydrogen-bond acceptors (Lipinski definition) is 6. The third-order valence-corrected chi connectivity index (χ3v) is 4.74. The van der Waals surface area contributed by atoms with Crippen LogP contribution >= 0.6 is 0 Å². The van der Waals surface area contributed by atoms with Gasteiger partial charge in [-0.05, 0) is 61.2 Å². The summed E-state index contributed by atoms with van der Waals surface area (Å²) < 4.78 is 4.99. The van der Waals surface area contributed by atoms with E-state index in [4.69, 9.17) is 4.74 Å². The molecule has 0 heterocycles. The maximum Gasteiger partial charge on any atom is 0.338 e. The quantitative estimate of drug-likeness (QED) is 0.370.